The molecule has 0 saturated heterocycles. The highest BCUT2D eigenvalue weighted by molar-refractivity contribution is 7.18. The van der Waals surface area contributed by atoms with Crippen LogP contribution in [-0.4, -0.2) is 49.1 Å². The summed E-state index contributed by atoms with van der Waals surface area (Å²) in [6, 6.07) is 0. The Balaban J connectivity index is 2.73. The molecule has 5 nitrogen and oxygen atoms in total. The SMILES string of the molecule is COC(=O)c1sc(NCC(C)(C)N(C)C)nc1Cl. The van der Waals surface area contributed by atoms with Crippen molar-refractivity contribution in [2.75, 3.05) is 33.1 Å². The van der Waals surface area contributed by atoms with Crippen molar-refractivity contribution >= 4 is 34.0 Å². The average molecular weight is 292 g/mol. The molecule has 0 fully saturated rings. The number of thiazole rings is 1. The van der Waals surface area contributed by atoms with E-state index in [4.69, 9.17) is 11.6 Å². The molecule has 0 aliphatic rings. The molecular weight excluding hydrogens is 274 g/mol. The van der Waals surface area contributed by atoms with Crippen LogP contribution in [0.2, 0.25) is 5.15 Å². The van der Waals surface area contributed by atoms with E-state index < -0.39 is 5.97 Å². The maximum absolute atomic E-state index is 11.4. The molecule has 1 rings (SSSR count). The third kappa shape index (κ3) is 3.57. The number of ether oxygens (including phenoxy) is 1. The molecule has 0 saturated carbocycles. The molecule has 0 radical (unpaired) electrons. The summed E-state index contributed by atoms with van der Waals surface area (Å²) < 4.78 is 4.63. The number of carbonyl (C=O) groups excluding carboxylic acids is 1. The number of nitrogens with one attached hydrogen (secondary N) is 1. The van der Waals surface area contributed by atoms with Crippen LogP contribution < -0.4 is 5.32 Å². The largest absolute Gasteiger partial charge is 0.465 e. The number of hydrogen-bond acceptors (Lipinski definition) is 6. The van der Waals surface area contributed by atoms with E-state index in [1.807, 2.05) is 14.1 Å². The lowest BCUT2D eigenvalue weighted by atomic mass is 10.1. The zero-order chi connectivity index (χ0) is 13.9. The predicted octanol–water partition coefficient (Wildman–Crippen LogP) is 2.34. The first-order valence-electron chi connectivity index (χ1n) is 5.44. The summed E-state index contributed by atoms with van der Waals surface area (Å²) in [4.78, 5) is 17.9. The first kappa shape index (κ1) is 15.2. The number of esters is 1. The summed E-state index contributed by atoms with van der Waals surface area (Å²) in [7, 11) is 5.34. The van der Waals surface area contributed by atoms with Gasteiger partial charge in [0.05, 0.1) is 7.11 Å². The molecule has 18 heavy (non-hydrogen) atoms. The van der Waals surface area contributed by atoms with Gasteiger partial charge in [0.2, 0.25) is 0 Å². The highest BCUT2D eigenvalue weighted by Crippen LogP contribution is 2.28. The van der Waals surface area contributed by atoms with Gasteiger partial charge in [0.15, 0.2) is 15.2 Å². The second-order valence-electron chi connectivity index (χ2n) is 4.69. The van der Waals surface area contributed by atoms with Gasteiger partial charge in [0.1, 0.15) is 0 Å². The molecule has 0 aliphatic carbocycles. The van der Waals surface area contributed by atoms with Gasteiger partial charge in [0.25, 0.3) is 0 Å². The maximum atomic E-state index is 11.4. The molecule has 1 N–H and O–H groups in total. The smallest absolute Gasteiger partial charge is 0.351 e. The Hall–Kier alpha value is -0.850. The predicted molar refractivity (Wildman–Crippen MR) is 74.7 cm³/mol. The topological polar surface area (TPSA) is 54.5 Å². The van der Waals surface area contributed by atoms with E-state index in [9.17, 15) is 4.79 Å². The summed E-state index contributed by atoms with van der Waals surface area (Å²) in [6.07, 6.45) is 0. The van der Waals surface area contributed by atoms with E-state index in [0.29, 0.717) is 16.6 Å². The van der Waals surface area contributed by atoms with Gasteiger partial charge in [-0.1, -0.05) is 22.9 Å². The van der Waals surface area contributed by atoms with Crippen molar-refractivity contribution in [3.63, 3.8) is 0 Å². The number of anilines is 1. The van der Waals surface area contributed by atoms with Crippen molar-refractivity contribution < 1.29 is 9.53 Å². The van der Waals surface area contributed by atoms with Crippen molar-refractivity contribution in [3.8, 4) is 0 Å². The number of rotatable bonds is 5. The first-order valence-corrected chi connectivity index (χ1v) is 6.63. The summed E-state index contributed by atoms with van der Waals surface area (Å²) in [5.74, 6) is -0.461. The van der Waals surface area contributed by atoms with Crippen LogP contribution in [0.1, 0.15) is 23.5 Å². The van der Waals surface area contributed by atoms with Gasteiger partial charge in [-0.2, -0.15) is 0 Å². The molecule has 0 amide bonds. The quantitative estimate of drug-likeness (QED) is 0.844. The molecule has 1 heterocycles. The first-order chi connectivity index (χ1) is 8.27. The van der Waals surface area contributed by atoms with Crippen LogP contribution in [0.25, 0.3) is 0 Å². The van der Waals surface area contributed by atoms with Crippen LogP contribution in [0, 0.1) is 0 Å². The second kappa shape index (κ2) is 5.86. The summed E-state index contributed by atoms with van der Waals surface area (Å²) in [6.45, 7) is 4.91. The van der Waals surface area contributed by atoms with Crippen LogP contribution >= 0.6 is 22.9 Å². The van der Waals surface area contributed by atoms with Crippen molar-refractivity contribution in [1.82, 2.24) is 9.88 Å². The molecule has 1 aromatic rings. The zero-order valence-corrected chi connectivity index (χ0v) is 12.8. The van der Waals surface area contributed by atoms with Gasteiger partial charge < -0.3 is 15.0 Å². The van der Waals surface area contributed by atoms with E-state index in [0.717, 1.165) is 0 Å². The van der Waals surface area contributed by atoms with Crippen LogP contribution in [-0.2, 0) is 4.74 Å². The number of nitrogens with zero attached hydrogens (tertiary/aromatic N) is 2. The summed E-state index contributed by atoms with van der Waals surface area (Å²) in [5, 5.41) is 3.98. The third-order valence-corrected chi connectivity index (χ3v) is 4.22. The molecule has 7 heteroatoms. The summed E-state index contributed by atoms with van der Waals surface area (Å²) in [5.41, 5.74) is -0.0242. The molecule has 0 aromatic carbocycles. The number of methoxy groups -OCH3 is 1. The fraction of sp³-hybridized carbons (Fsp3) is 0.636. The normalized spacial score (nSPS) is 11.7. The highest BCUT2D eigenvalue weighted by Gasteiger charge is 2.22. The highest BCUT2D eigenvalue weighted by atomic mass is 35.5. The Kier molecular flexibility index (Phi) is 4.95. The minimum absolute atomic E-state index is 0.0242. The van der Waals surface area contributed by atoms with Crippen molar-refractivity contribution in [2.45, 2.75) is 19.4 Å². The van der Waals surface area contributed by atoms with Gasteiger partial charge in [-0.3, -0.25) is 0 Å². The van der Waals surface area contributed by atoms with Gasteiger partial charge in [-0.25, -0.2) is 9.78 Å². The van der Waals surface area contributed by atoms with E-state index in [1.165, 1.54) is 18.4 Å². The molecule has 102 valence electrons. The molecule has 0 bridgehead atoms. The number of halogens is 1. The lowest BCUT2D eigenvalue weighted by Crippen LogP contribution is -2.44. The third-order valence-electron chi connectivity index (χ3n) is 2.84. The molecule has 0 spiro atoms. The van der Waals surface area contributed by atoms with E-state index >= 15 is 0 Å². The molecule has 0 aliphatic heterocycles. The molecule has 0 atom stereocenters. The number of carbonyl (C=O) groups is 1. The standard InChI is InChI=1S/C11H18ClN3O2S/c1-11(2,15(3)4)6-13-10-14-8(12)7(18-10)9(16)17-5/h6H2,1-5H3,(H,13,14). The van der Waals surface area contributed by atoms with Crippen LogP contribution in [0.15, 0.2) is 0 Å². The minimum Gasteiger partial charge on any atom is -0.465 e. The number of aromatic nitrogens is 1. The Bertz CT molecular complexity index is 432. The second-order valence-corrected chi connectivity index (χ2v) is 6.05. The van der Waals surface area contributed by atoms with Crippen LogP contribution in [0.3, 0.4) is 0 Å². The van der Waals surface area contributed by atoms with Crippen LogP contribution in [0.5, 0.6) is 0 Å². The fourth-order valence-electron chi connectivity index (χ4n) is 1.05. The van der Waals surface area contributed by atoms with E-state index in [-0.39, 0.29) is 10.7 Å². The summed E-state index contributed by atoms with van der Waals surface area (Å²) >= 11 is 7.08. The lowest BCUT2D eigenvalue weighted by molar-refractivity contribution is 0.0606. The van der Waals surface area contributed by atoms with Gasteiger partial charge >= 0.3 is 5.97 Å². The van der Waals surface area contributed by atoms with Crippen molar-refractivity contribution in [3.05, 3.63) is 10.0 Å². The maximum Gasteiger partial charge on any atom is 0.351 e. The zero-order valence-electron chi connectivity index (χ0n) is 11.2. The monoisotopic (exact) mass is 291 g/mol. The Morgan fingerprint density at radius 3 is 2.67 bits per heavy atom. The van der Waals surface area contributed by atoms with Gasteiger partial charge in [0, 0.05) is 12.1 Å². The fourth-order valence-corrected chi connectivity index (χ4v) is 2.14. The number of hydrogen-bond donors (Lipinski definition) is 1. The van der Waals surface area contributed by atoms with Gasteiger partial charge in [-0.15, -0.1) is 0 Å². The molecular formula is C11H18ClN3O2S. The van der Waals surface area contributed by atoms with Gasteiger partial charge in [-0.05, 0) is 27.9 Å². The van der Waals surface area contributed by atoms with Crippen molar-refractivity contribution in [2.24, 2.45) is 0 Å². The van der Waals surface area contributed by atoms with E-state index in [2.05, 4.69) is 33.8 Å². The Morgan fingerprint density at radius 2 is 2.17 bits per heavy atom. The van der Waals surface area contributed by atoms with Crippen LogP contribution in [0.4, 0.5) is 5.13 Å². The minimum atomic E-state index is -0.461. The Morgan fingerprint density at radius 1 is 1.56 bits per heavy atom. The Labute approximate surface area is 116 Å². The van der Waals surface area contributed by atoms with Crippen molar-refractivity contribution in [1.29, 1.82) is 0 Å². The average Bonchev–Trinajstić information content (AvgIpc) is 2.67. The molecule has 1 aromatic heterocycles. The van der Waals surface area contributed by atoms with E-state index in [1.54, 1.807) is 0 Å². The lowest BCUT2D eigenvalue weighted by Gasteiger charge is -2.32. The molecule has 0 unspecified atom stereocenters. The number of likely N-dealkylation sites (N-methyl/N-ethyl adjacent to an activating group) is 1.